The van der Waals surface area contributed by atoms with Crippen molar-refractivity contribution in [3.05, 3.63) is 24.8 Å². The van der Waals surface area contributed by atoms with Crippen LogP contribution < -0.4 is 0 Å². The standard InChI is InChI=1S/C10H18.C6H14.C4H8.3C2H6/c1-3-10-7-5-4-6-9(2)8-10;1-3-5-6-4-2;1-4(2)3;3*1-2/h3,9-10H,1,4-8H2,2H3;3-6H2,1-2H3;1H2,2-3H3;3*1-2H3. The molecular formula is C26H58. The van der Waals surface area contributed by atoms with Crippen LogP contribution in [0.4, 0.5) is 0 Å². The summed E-state index contributed by atoms with van der Waals surface area (Å²) >= 11 is 0. The predicted molar refractivity (Wildman–Crippen MR) is 130 cm³/mol. The molecule has 0 spiro atoms. The van der Waals surface area contributed by atoms with Gasteiger partial charge in [-0.05, 0) is 38.5 Å². The van der Waals surface area contributed by atoms with E-state index in [1.165, 1.54) is 63.4 Å². The fraction of sp³-hybridized carbons (Fsp3) is 0.846. The van der Waals surface area contributed by atoms with E-state index in [1.807, 2.05) is 55.4 Å². The number of allylic oxidation sites excluding steroid dienone is 2. The normalized spacial score (nSPS) is 17.2. The number of hydrogen-bond donors (Lipinski definition) is 0. The van der Waals surface area contributed by atoms with Crippen molar-refractivity contribution in [2.75, 3.05) is 0 Å². The number of rotatable bonds is 4. The predicted octanol–water partition coefficient (Wildman–Crippen LogP) is 10.6. The molecule has 2 unspecified atom stereocenters. The van der Waals surface area contributed by atoms with Gasteiger partial charge in [0.1, 0.15) is 0 Å². The van der Waals surface area contributed by atoms with Crippen molar-refractivity contribution in [3.63, 3.8) is 0 Å². The summed E-state index contributed by atoms with van der Waals surface area (Å²) in [5.41, 5.74) is 1.17. The summed E-state index contributed by atoms with van der Waals surface area (Å²) in [7, 11) is 0. The fourth-order valence-corrected chi connectivity index (χ4v) is 2.37. The topological polar surface area (TPSA) is 0 Å². The van der Waals surface area contributed by atoms with Crippen molar-refractivity contribution >= 4 is 0 Å². The molecule has 0 N–H and O–H groups in total. The molecule has 0 aromatic carbocycles. The third kappa shape index (κ3) is 49.5. The van der Waals surface area contributed by atoms with Crippen LogP contribution in [0, 0.1) is 11.8 Å². The van der Waals surface area contributed by atoms with Crippen LogP contribution in [0.25, 0.3) is 0 Å². The van der Waals surface area contributed by atoms with Gasteiger partial charge >= 0.3 is 0 Å². The fourth-order valence-electron chi connectivity index (χ4n) is 2.37. The largest absolute Gasteiger partial charge is 0.103 e. The maximum absolute atomic E-state index is 3.86. The Morgan fingerprint density at radius 3 is 1.50 bits per heavy atom. The van der Waals surface area contributed by atoms with Gasteiger partial charge in [-0.15, -0.1) is 13.2 Å². The first kappa shape index (κ1) is 36.4. The Hall–Kier alpha value is -0.520. The van der Waals surface area contributed by atoms with Crippen molar-refractivity contribution in [1.82, 2.24) is 0 Å². The van der Waals surface area contributed by atoms with Crippen LogP contribution in [0.15, 0.2) is 24.8 Å². The molecule has 1 aliphatic rings. The molecule has 0 aromatic rings. The maximum Gasteiger partial charge on any atom is -0.0234 e. The molecule has 1 fully saturated rings. The van der Waals surface area contributed by atoms with E-state index in [2.05, 4.69) is 40.0 Å². The summed E-state index contributed by atoms with van der Waals surface area (Å²) < 4.78 is 0. The minimum absolute atomic E-state index is 0.817. The molecule has 1 saturated carbocycles. The lowest BCUT2D eigenvalue weighted by Gasteiger charge is -2.11. The first-order chi connectivity index (χ1) is 12.5. The highest BCUT2D eigenvalue weighted by molar-refractivity contribution is 4.82. The third-order valence-corrected chi connectivity index (χ3v) is 3.52. The molecule has 0 nitrogen and oxygen atoms in total. The Morgan fingerprint density at radius 1 is 0.846 bits per heavy atom. The molecule has 0 heterocycles. The lowest BCUT2D eigenvalue weighted by Crippen LogP contribution is -1.99. The van der Waals surface area contributed by atoms with E-state index in [9.17, 15) is 0 Å². The van der Waals surface area contributed by atoms with E-state index < -0.39 is 0 Å². The van der Waals surface area contributed by atoms with Crippen LogP contribution in [0.2, 0.25) is 0 Å². The monoisotopic (exact) mass is 370 g/mol. The molecule has 162 valence electrons. The van der Waals surface area contributed by atoms with Crippen molar-refractivity contribution in [1.29, 1.82) is 0 Å². The van der Waals surface area contributed by atoms with E-state index >= 15 is 0 Å². The summed E-state index contributed by atoms with van der Waals surface area (Å²) in [6.07, 6.45) is 14.7. The Kier molecular flexibility index (Phi) is 55.3. The van der Waals surface area contributed by atoms with E-state index in [0.717, 1.165) is 11.8 Å². The Morgan fingerprint density at radius 2 is 1.19 bits per heavy atom. The molecule has 0 heteroatoms. The van der Waals surface area contributed by atoms with Gasteiger partial charge in [-0.1, -0.05) is 119 Å². The van der Waals surface area contributed by atoms with E-state index in [1.54, 1.807) is 0 Å². The lowest BCUT2D eigenvalue weighted by atomic mass is 9.95. The van der Waals surface area contributed by atoms with Gasteiger partial charge < -0.3 is 0 Å². The second-order valence-electron chi connectivity index (χ2n) is 6.54. The summed E-state index contributed by atoms with van der Waals surface area (Å²) in [5, 5.41) is 0. The minimum Gasteiger partial charge on any atom is -0.103 e. The van der Waals surface area contributed by atoms with E-state index in [0.29, 0.717) is 0 Å². The number of hydrogen-bond acceptors (Lipinski definition) is 0. The van der Waals surface area contributed by atoms with Crippen molar-refractivity contribution in [2.45, 2.75) is 134 Å². The average molecular weight is 371 g/mol. The van der Waals surface area contributed by atoms with Gasteiger partial charge in [-0.25, -0.2) is 0 Å². The first-order valence-electron chi connectivity index (χ1n) is 11.7. The van der Waals surface area contributed by atoms with Gasteiger partial charge in [0.2, 0.25) is 0 Å². The number of unbranched alkanes of at least 4 members (excludes halogenated alkanes) is 3. The molecule has 1 rings (SSSR count). The van der Waals surface area contributed by atoms with E-state index in [-0.39, 0.29) is 0 Å². The molecule has 0 amide bonds. The zero-order valence-electron chi connectivity index (χ0n) is 21.0. The Labute approximate surface area is 171 Å². The minimum atomic E-state index is 0.817. The van der Waals surface area contributed by atoms with Gasteiger partial charge in [-0.3, -0.25) is 0 Å². The van der Waals surface area contributed by atoms with E-state index in [4.69, 9.17) is 0 Å². The SMILES string of the molecule is C=C(C)C.C=CC1CCCCC(C)C1.CC.CC.CC.CCCCCC. The van der Waals surface area contributed by atoms with Crippen LogP contribution in [-0.2, 0) is 0 Å². The molecule has 0 radical (unpaired) electrons. The lowest BCUT2D eigenvalue weighted by molar-refractivity contribution is 0.454. The average Bonchev–Trinajstić information content (AvgIpc) is 2.89. The Bertz CT molecular complexity index is 206. The third-order valence-electron chi connectivity index (χ3n) is 3.52. The van der Waals surface area contributed by atoms with Crippen molar-refractivity contribution < 1.29 is 0 Å². The molecule has 1 aliphatic carbocycles. The zero-order chi connectivity index (χ0) is 21.8. The van der Waals surface area contributed by atoms with Crippen LogP contribution in [0.3, 0.4) is 0 Å². The van der Waals surface area contributed by atoms with Gasteiger partial charge in [0.25, 0.3) is 0 Å². The van der Waals surface area contributed by atoms with Crippen molar-refractivity contribution in [2.24, 2.45) is 11.8 Å². The molecule has 0 bridgehead atoms. The summed E-state index contributed by atoms with van der Waals surface area (Å²) in [6, 6.07) is 0. The van der Waals surface area contributed by atoms with Crippen LogP contribution >= 0.6 is 0 Å². The van der Waals surface area contributed by atoms with Gasteiger partial charge in [-0.2, -0.15) is 0 Å². The maximum atomic E-state index is 3.86. The first-order valence-corrected chi connectivity index (χ1v) is 11.7. The second-order valence-corrected chi connectivity index (χ2v) is 6.54. The highest BCUT2D eigenvalue weighted by Crippen LogP contribution is 2.27. The smallest absolute Gasteiger partial charge is 0.0234 e. The Balaban J connectivity index is -0.0000000795. The van der Waals surface area contributed by atoms with Crippen LogP contribution in [-0.4, -0.2) is 0 Å². The highest BCUT2D eigenvalue weighted by atomic mass is 14.2. The molecule has 0 saturated heterocycles. The molecular weight excluding hydrogens is 312 g/mol. The second kappa shape index (κ2) is 39.5. The van der Waals surface area contributed by atoms with Crippen LogP contribution in [0.1, 0.15) is 134 Å². The molecule has 0 aliphatic heterocycles. The van der Waals surface area contributed by atoms with Gasteiger partial charge in [0.15, 0.2) is 0 Å². The van der Waals surface area contributed by atoms with Crippen molar-refractivity contribution in [3.8, 4) is 0 Å². The molecule has 0 aromatic heterocycles. The molecule has 26 heavy (non-hydrogen) atoms. The van der Waals surface area contributed by atoms with Gasteiger partial charge in [0.05, 0.1) is 0 Å². The quantitative estimate of drug-likeness (QED) is 0.262. The van der Waals surface area contributed by atoms with Crippen LogP contribution in [0.5, 0.6) is 0 Å². The summed E-state index contributed by atoms with van der Waals surface area (Å²) in [4.78, 5) is 0. The summed E-state index contributed by atoms with van der Waals surface area (Å²) in [5.74, 6) is 1.75. The molecule has 2 atom stereocenters. The zero-order valence-corrected chi connectivity index (χ0v) is 21.0. The van der Waals surface area contributed by atoms with Gasteiger partial charge in [0, 0.05) is 0 Å². The summed E-state index contributed by atoms with van der Waals surface area (Å²) in [6.45, 7) is 30.2. The highest BCUT2D eigenvalue weighted by Gasteiger charge is 2.13.